The van der Waals surface area contributed by atoms with Gasteiger partial charge in [-0.3, -0.25) is 0 Å². The second kappa shape index (κ2) is 17.1. The van der Waals surface area contributed by atoms with Crippen molar-refractivity contribution in [2.75, 3.05) is 13.2 Å². The summed E-state index contributed by atoms with van der Waals surface area (Å²) in [6, 6.07) is 0. The van der Waals surface area contributed by atoms with Gasteiger partial charge in [0.1, 0.15) is 24.4 Å². The first-order valence-corrected chi connectivity index (χ1v) is 8.05. The average molecular weight is 482 g/mol. The van der Waals surface area contributed by atoms with E-state index >= 15 is 0 Å². The van der Waals surface area contributed by atoms with Crippen molar-refractivity contribution in [3.05, 3.63) is 0 Å². The van der Waals surface area contributed by atoms with Crippen LogP contribution in [0.5, 0.6) is 0 Å². The SMILES string of the molecule is O=C(O)C(O)C(O)C(=O)O.O=C(O)C(O)C(O)C(=O)O.OC[C@@H](O)[C@@H](O)[C@H](O)[C@@H](O)CO. The Bertz CT molecular complexity index is 494. The lowest BCUT2D eigenvalue weighted by Gasteiger charge is -2.24. The summed E-state index contributed by atoms with van der Waals surface area (Å²) in [6.07, 6.45) is -15.5. The molecule has 0 aromatic rings. The average Bonchev–Trinajstić information content (AvgIpc) is 2.74. The van der Waals surface area contributed by atoms with E-state index in [2.05, 4.69) is 0 Å². The predicted octanol–water partition coefficient (Wildman–Crippen LogP) is -7.83. The van der Waals surface area contributed by atoms with Gasteiger partial charge in [0.15, 0.2) is 24.4 Å². The molecule has 8 atom stereocenters. The fourth-order valence-corrected chi connectivity index (χ4v) is 1.21. The molecule has 0 aliphatic carbocycles. The molecule has 0 radical (unpaired) electrons. The van der Waals surface area contributed by atoms with E-state index in [0.717, 1.165) is 0 Å². The van der Waals surface area contributed by atoms with Gasteiger partial charge in [0.05, 0.1) is 13.2 Å². The molecule has 0 heterocycles. The Morgan fingerprint density at radius 1 is 0.438 bits per heavy atom. The highest BCUT2D eigenvalue weighted by atomic mass is 16.4. The summed E-state index contributed by atoms with van der Waals surface area (Å²) in [4.78, 5) is 39.1. The Hall–Kier alpha value is -2.52. The van der Waals surface area contributed by atoms with Gasteiger partial charge in [-0.05, 0) is 0 Å². The molecule has 0 aromatic carbocycles. The molecule has 0 rings (SSSR count). The molecule has 0 saturated heterocycles. The highest BCUT2D eigenvalue weighted by Crippen LogP contribution is 2.04. The zero-order chi connectivity index (χ0) is 26.3. The van der Waals surface area contributed by atoms with Crippen LogP contribution in [-0.4, -0.2) is 157 Å². The maximum Gasteiger partial charge on any atom is 0.335 e. The van der Waals surface area contributed by atoms with Crippen LogP contribution in [0, 0.1) is 0 Å². The van der Waals surface area contributed by atoms with Crippen molar-refractivity contribution >= 4 is 23.9 Å². The van der Waals surface area contributed by atoms with Crippen LogP contribution in [0.3, 0.4) is 0 Å². The summed E-state index contributed by atoms with van der Waals surface area (Å²) < 4.78 is 0. The quantitative estimate of drug-likeness (QED) is 0.130. The molecule has 0 amide bonds. The molecule has 0 aromatic heterocycles. The second-order valence-corrected chi connectivity index (χ2v) is 5.61. The van der Waals surface area contributed by atoms with E-state index in [4.69, 9.17) is 71.5 Å². The Labute approximate surface area is 177 Å². The molecule has 0 fully saturated rings. The highest BCUT2D eigenvalue weighted by Gasteiger charge is 2.30. The fourth-order valence-electron chi connectivity index (χ4n) is 1.21. The summed E-state index contributed by atoms with van der Waals surface area (Å²) in [7, 11) is 0. The van der Waals surface area contributed by atoms with Gasteiger partial charge in [-0.2, -0.15) is 0 Å². The number of rotatable bonds is 11. The fraction of sp³-hybridized carbons (Fsp3) is 0.714. The number of hydrogen-bond donors (Lipinski definition) is 14. The summed E-state index contributed by atoms with van der Waals surface area (Å²) in [6.45, 7) is -1.45. The molecule has 0 aliphatic rings. The molecule has 0 saturated carbocycles. The first-order valence-electron chi connectivity index (χ1n) is 8.05. The zero-order valence-electron chi connectivity index (χ0n) is 15.9. The number of aliphatic hydroxyl groups is 10. The number of aliphatic carboxylic acids is 4. The van der Waals surface area contributed by atoms with Crippen molar-refractivity contribution in [3.8, 4) is 0 Å². The number of hydrogen-bond acceptors (Lipinski definition) is 14. The lowest BCUT2D eigenvalue weighted by Crippen LogP contribution is -2.46. The van der Waals surface area contributed by atoms with Gasteiger partial charge in [0.25, 0.3) is 0 Å². The van der Waals surface area contributed by atoms with Crippen LogP contribution in [0.15, 0.2) is 0 Å². The zero-order valence-corrected chi connectivity index (χ0v) is 15.9. The minimum absolute atomic E-state index is 0.726. The molecule has 14 N–H and O–H groups in total. The Balaban J connectivity index is -0.000000397. The number of carboxylic acids is 4. The van der Waals surface area contributed by atoms with E-state index in [0.29, 0.717) is 0 Å². The first-order chi connectivity index (χ1) is 14.5. The lowest BCUT2D eigenvalue weighted by atomic mass is 10.0. The number of carboxylic acid groups (broad SMARTS) is 4. The van der Waals surface area contributed by atoms with E-state index in [1.807, 2.05) is 0 Å². The van der Waals surface area contributed by atoms with Gasteiger partial charge in [-0.15, -0.1) is 0 Å². The Morgan fingerprint density at radius 3 is 0.688 bits per heavy atom. The standard InChI is InChI=1S/C6H14O6.2C4H6O6/c7-1-3(9)5(11)6(12)4(10)2-8;2*5-1(3(7)8)2(6)4(9)10/h3-12H,1-2H2;2*1-2,5-6H,(H,7,8)(H,9,10)/t3-,4+,5-,6-;;/m1../s1. The summed E-state index contributed by atoms with van der Waals surface area (Å²) in [5, 5.41) is 117. The van der Waals surface area contributed by atoms with Crippen LogP contribution in [0.2, 0.25) is 0 Å². The molecular weight excluding hydrogens is 456 g/mol. The predicted molar refractivity (Wildman–Crippen MR) is 92.8 cm³/mol. The molecule has 32 heavy (non-hydrogen) atoms. The van der Waals surface area contributed by atoms with Crippen LogP contribution in [-0.2, 0) is 19.2 Å². The van der Waals surface area contributed by atoms with Crippen LogP contribution >= 0.6 is 0 Å². The van der Waals surface area contributed by atoms with Gasteiger partial charge in [0.2, 0.25) is 0 Å². The third kappa shape index (κ3) is 13.7. The van der Waals surface area contributed by atoms with Crippen molar-refractivity contribution in [2.45, 2.75) is 48.8 Å². The normalized spacial score (nSPS) is 17.9. The van der Waals surface area contributed by atoms with Crippen molar-refractivity contribution in [3.63, 3.8) is 0 Å². The van der Waals surface area contributed by atoms with Crippen LogP contribution in [0.1, 0.15) is 0 Å². The third-order valence-electron chi connectivity index (χ3n) is 3.12. The van der Waals surface area contributed by atoms with Gasteiger partial charge >= 0.3 is 23.9 Å². The topological polar surface area (TPSA) is 352 Å². The Kier molecular flexibility index (Phi) is 18.2. The molecule has 0 aliphatic heterocycles. The van der Waals surface area contributed by atoms with Gasteiger partial charge in [-0.1, -0.05) is 0 Å². The van der Waals surface area contributed by atoms with Crippen LogP contribution < -0.4 is 0 Å². The van der Waals surface area contributed by atoms with E-state index < -0.39 is 85.9 Å². The molecule has 190 valence electrons. The van der Waals surface area contributed by atoms with E-state index in [9.17, 15) is 19.2 Å². The number of aliphatic hydroxyl groups excluding tert-OH is 10. The van der Waals surface area contributed by atoms with E-state index in [1.54, 1.807) is 0 Å². The largest absolute Gasteiger partial charge is 0.479 e. The van der Waals surface area contributed by atoms with Gasteiger partial charge in [0, 0.05) is 0 Å². The molecule has 18 nitrogen and oxygen atoms in total. The molecular formula is C14H26O18. The maximum absolute atomic E-state index is 9.77. The molecule has 0 bridgehead atoms. The Morgan fingerprint density at radius 2 is 0.594 bits per heavy atom. The molecule has 18 heteroatoms. The monoisotopic (exact) mass is 482 g/mol. The molecule has 0 spiro atoms. The van der Waals surface area contributed by atoms with Crippen molar-refractivity contribution in [1.29, 1.82) is 0 Å². The first kappa shape index (κ1) is 34.1. The van der Waals surface area contributed by atoms with E-state index in [1.165, 1.54) is 0 Å². The third-order valence-corrected chi connectivity index (χ3v) is 3.12. The van der Waals surface area contributed by atoms with Crippen molar-refractivity contribution in [2.24, 2.45) is 0 Å². The minimum Gasteiger partial charge on any atom is -0.479 e. The summed E-state index contributed by atoms with van der Waals surface area (Å²) in [5.41, 5.74) is 0. The van der Waals surface area contributed by atoms with E-state index in [-0.39, 0.29) is 0 Å². The van der Waals surface area contributed by atoms with Gasteiger partial charge < -0.3 is 71.5 Å². The summed E-state index contributed by atoms with van der Waals surface area (Å²) >= 11 is 0. The lowest BCUT2D eigenvalue weighted by molar-refractivity contribution is -0.165. The maximum atomic E-state index is 9.77. The van der Waals surface area contributed by atoms with Crippen LogP contribution in [0.4, 0.5) is 0 Å². The second-order valence-electron chi connectivity index (χ2n) is 5.61. The highest BCUT2D eigenvalue weighted by molar-refractivity contribution is 5.83. The summed E-state index contributed by atoms with van der Waals surface area (Å²) in [5.74, 6) is -7.07. The molecule has 4 unspecified atom stereocenters. The van der Waals surface area contributed by atoms with Gasteiger partial charge in [-0.25, -0.2) is 19.2 Å². The smallest absolute Gasteiger partial charge is 0.335 e. The minimum atomic E-state index is -2.27. The van der Waals surface area contributed by atoms with Crippen molar-refractivity contribution < 1.29 is 90.7 Å². The van der Waals surface area contributed by atoms with Crippen LogP contribution in [0.25, 0.3) is 0 Å². The number of carbonyl (C=O) groups is 4. The van der Waals surface area contributed by atoms with Crippen molar-refractivity contribution in [1.82, 2.24) is 0 Å².